The van der Waals surface area contributed by atoms with Gasteiger partial charge >= 0.3 is 12.1 Å². The van der Waals surface area contributed by atoms with Crippen molar-refractivity contribution in [3.8, 4) is 0 Å². The van der Waals surface area contributed by atoms with E-state index in [2.05, 4.69) is 17.0 Å². The molecule has 0 fully saturated rings. The fourth-order valence-corrected chi connectivity index (χ4v) is 3.53. The summed E-state index contributed by atoms with van der Waals surface area (Å²) in [6, 6.07) is -0.573. The van der Waals surface area contributed by atoms with E-state index in [1.54, 1.807) is 20.8 Å². The lowest BCUT2D eigenvalue weighted by Crippen LogP contribution is -2.40. The molecule has 0 aliphatic rings. The largest absolute Gasteiger partial charge is 0.464 e. The quantitative estimate of drug-likeness (QED) is 0.155. The van der Waals surface area contributed by atoms with Crippen LogP contribution in [0.2, 0.25) is 0 Å². The third kappa shape index (κ3) is 16.0. The predicted molar refractivity (Wildman–Crippen MR) is 137 cm³/mol. The van der Waals surface area contributed by atoms with Crippen LogP contribution in [0.3, 0.4) is 0 Å². The molecule has 0 rings (SSSR count). The highest BCUT2D eigenvalue weighted by molar-refractivity contribution is 6.03. The van der Waals surface area contributed by atoms with Gasteiger partial charge in [-0.15, -0.1) is 0 Å². The van der Waals surface area contributed by atoms with E-state index >= 15 is 0 Å². The fourth-order valence-electron chi connectivity index (χ4n) is 3.53. The van der Waals surface area contributed by atoms with Gasteiger partial charge in [0, 0.05) is 36.9 Å². The smallest absolute Gasteiger partial charge is 0.407 e. The molecular formula is C26H47N3O6. The Bertz CT molecular complexity index is 727. The van der Waals surface area contributed by atoms with Crippen LogP contribution < -0.4 is 16.8 Å². The standard InChI is InChI=1S/C26H47N3O6/c1-7-8-10-14-20(29-25(33)35-26(3,4)5)17-21(30)15-12-9-11-13-19(27)16-22(31)18(2)23(28)24(32)34-6/h19-20H,7-17,27-28H2,1-6H3,(H,29,33)/t19-,20-/m0/s1. The summed E-state index contributed by atoms with van der Waals surface area (Å²) in [5, 5.41) is 2.85. The van der Waals surface area contributed by atoms with Gasteiger partial charge < -0.3 is 26.3 Å². The first kappa shape index (κ1) is 32.6. The second-order valence-corrected chi connectivity index (χ2v) is 10.1. The first-order valence-corrected chi connectivity index (χ1v) is 12.6. The van der Waals surface area contributed by atoms with Crippen LogP contribution in [0, 0.1) is 0 Å². The summed E-state index contributed by atoms with van der Waals surface area (Å²) in [6.45, 7) is 9.02. The average Bonchev–Trinajstić information content (AvgIpc) is 2.75. The fraction of sp³-hybridized carbons (Fsp3) is 0.769. The highest BCUT2D eigenvalue weighted by atomic mass is 16.6. The van der Waals surface area contributed by atoms with E-state index in [1.165, 1.54) is 14.0 Å². The number of ether oxygens (including phenoxy) is 2. The molecule has 1 amide bonds. The lowest BCUT2D eigenvalue weighted by Gasteiger charge is -2.23. The summed E-state index contributed by atoms with van der Waals surface area (Å²) in [7, 11) is 1.20. The number of unbranched alkanes of at least 4 members (excludes halogenated alkanes) is 4. The number of carbonyl (C=O) groups excluding carboxylic acids is 4. The van der Waals surface area contributed by atoms with Crippen LogP contribution in [0.4, 0.5) is 4.79 Å². The van der Waals surface area contributed by atoms with E-state index in [9.17, 15) is 19.2 Å². The van der Waals surface area contributed by atoms with Gasteiger partial charge in [-0.3, -0.25) is 9.59 Å². The van der Waals surface area contributed by atoms with Gasteiger partial charge in [0.15, 0.2) is 5.78 Å². The Morgan fingerprint density at radius 3 is 2.14 bits per heavy atom. The summed E-state index contributed by atoms with van der Waals surface area (Å²) >= 11 is 0. The van der Waals surface area contributed by atoms with Crippen molar-refractivity contribution in [2.24, 2.45) is 11.5 Å². The molecule has 9 nitrogen and oxygen atoms in total. The van der Waals surface area contributed by atoms with Gasteiger partial charge in [0.2, 0.25) is 0 Å². The molecule has 202 valence electrons. The summed E-state index contributed by atoms with van der Waals surface area (Å²) in [4.78, 5) is 48.3. The second-order valence-electron chi connectivity index (χ2n) is 10.1. The number of nitrogens with two attached hydrogens (primary N) is 2. The number of amides is 1. The zero-order valence-corrected chi connectivity index (χ0v) is 22.5. The van der Waals surface area contributed by atoms with Crippen LogP contribution in [0.5, 0.6) is 0 Å². The summed E-state index contributed by atoms with van der Waals surface area (Å²) in [5.74, 6) is -0.897. The van der Waals surface area contributed by atoms with Crippen molar-refractivity contribution in [2.75, 3.05) is 7.11 Å². The predicted octanol–water partition coefficient (Wildman–Crippen LogP) is 4.06. The zero-order chi connectivity index (χ0) is 27.0. The van der Waals surface area contributed by atoms with E-state index in [1.807, 2.05) is 0 Å². The Kier molecular flexibility index (Phi) is 15.9. The SMILES string of the molecule is CCCCC[C@@H](CC(=O)CCCCC[C@H](N)CC(=O)C(C)=C(N)C(=O)OC)NC(=O)OC(C)(C)C. The summed E-state index contributed by atoms with van der Waals surface area (Å²) < 4.78 is 9.86. The maximum Gasteiger partial charge on any atom is 0.407 e. The lowest BCUT2D eigenvalue weighted by atomic mass is 9.97. The maximum atomic E-state index is 12.5. The van der Waals surface area contributed by atoms with Crippen molar-refractivity contribution in [1.82, 2.24) is 5.32 Å². The molecule has 0 saturated carbocycles. The van der Waals surface area contributed by atoms with Crippen molar-refractivity contribution in [2.45, 2.75) is 123 Å². The molecule has 0 aliphatic carbocycles. The molecule has 0 aliphatic heterocycles. The number of alkyl carbamates (subject to hydrolysis) is 1. The van der Waals surface area contributed by atoms with E-state index in [0.717, 1.165) is 44.9 Å². The van der Waals surface area contributed by atoms with Crippen LogP contribution in [-0.4, -0.2) is 48.4 Å². The molecular weight excluding hydrogens is 450 g/mol. The third-order valence-electron chi connectivity index (χ3n) is 5.56. The maximum absolute atomic E-state index is 12.5. The molecule has 0 aromatic carbocycles. The Hall–Kier alpha value is -2.42. The van der Waals surface area contributed by atoms with Crippen molar-refractivity contribution in [1.29, 1.82) is 0 Å². The highest BCUT2D eigenvalue weighted by Crippen LogP contribution is 2.14. The topological polar surface area (TPSA) is 151 Å². The van der Waals surface area contributed by atoms with Gasteiger partial charge in [-0.1, -0.05) is 39.0 Å². The molecule has 0 aromatic rings. The number of methoxy groups -OCH3 is 1. The summed E-state index contributed by atoms with van der Waals surface area (Å²) in [5.41, 5.74) is 11.1. The van der Waals surface area contributed by atoms with Crippen molar-refractivity contribution >= 4 is 23.6 Å². The average molecular weight is 498 g/mol. The van der Waals surface area contributed by atoms with Crippen LogP contribution in [-0.2, 0) is 23.9 Å². The van der Waals surface area contributed by atoms with Gasteiger partial charge in [-0.2, -0.15) is 0 Å². The molecule has 35 heavy (non-hydrogen) atoms. The molecule has 9 heteroatoms. The third-order valence-corrected chi connectivity index (χ3v) is 5.56. The van der Waals surface area contributed by atoms with Crippen LogP contribution >= 0.6 is 0 Å². The molecule has 0 bridgehead atoms. The molecule has 0 unspecified atom stereocenters. The number of allylic oxidation sites excluding steroid dienone is 1. The van der Waals surface area contributed by atoms with Crippen molar-refractivity contribution < 1.29 is 28.7 Å². The van der Waals surface area contributed by atoms with Gasteiger partial charge in [0.05, 0.1) is 7.11 Å². The number of nitrogens with one attached hydrogen (secondary N) is 1. The highest BCUT2D eigenvalue weighted by Gasteiger charge is 2.21. The van der Waals surface area contributed by atoms with E-state index < -0.39 is 17.7 Å². The number of hydrogen-bond acceptors (Lipinski definition) is 8. The monoisotopic (exact) mass is 497 g/mol. The molecule has 0 saturated heterocycles. The van der Waals surface area contributed by atoms with Crippen molar-refractivity contribution in [3.63, 3.8) is 0 Å². The van der Waals surface area contributed by atoms with E-state index in [0.29, 0.717) is 19.3 Å². The Labute approximate surface area is 210 Å². The van der Waals surface area contributed by atoms with Crippen molar-refractivity contribution in [3.05, 3.63) is 11.3 Å². The van der Waals surface area contributed by atoms with E-state index in [4.69, 9.17) is 16.2 Å². The summed E-state index contributed by atoms with van der Waals surface area (Å²) in [6.07, 6.45) is 7.09. The Morgan fingerprint density at radius 1 is 0.943 bits per heavy atom. The number of ketones is 2. The van der Waals surface area contributed by atoms with Crippen LogP contribution in [0.25, 0.3) is 0 Å². The number of esters is 1. The molecule has 2 atom stereocenters. The number of rotatable bonds is 17. The minimum Gasteiger partial charge on any atom is -0.464 e. The second kappa shape index (κ2) is 17.1. The minimum absolute atomic E-state index is 0.0955. The molecule has 5 N–H and O–H groups in total. The van der Waals surface area contributed by atoms with Gasteiger partial charge in [-0.05, 0) is 47.0 Å². The lowest BCUT2D eigenvalue weighted by molar-refractivity contribution is -0.136. The number of hydrogen-bond donors (Lipinski definition) is 3. The molecule has 0 heterocycles. The molecule has 0 aromatic heterocycles. The van der Waals surface area contributed by atoms with Gasteiger partial charge in [0.1, 0.15) is 17.1 Å². The number of carbonyl (C=O) groups is 4. The van der Waals surface area contributed by atoms with Crippen LogP contribution in [0.15, 0.2) is 11.3 Å². The van der Waals surface area contributed by atoms with Crippen LogP contribution in [0.1, 0.15) is 105 Å². The Balaban J connectivity index is 4.42. The van der Waals surface area contributed by atoms with E-state index in [-0.39, 0.29) is 41.3 Å². The molecule has 0 spiro atoms. The first-order chi connectivity index (χ1) is 16.3. The zero-order valence-electron chi connectivity index (χ0n) is 22.5. The first-order valence-electron chi connectivity index (χ1n) is 12.6. The van der Waals surface area contributed by atoms with Gasteiger partial charge in [0.25, 0.3) is 0 Å². The normalized spacial score (nSPS) is 13.9. The Morgan fingerprint density at radius 2 is 1.57 bits per heavy atom. The van der Waals surface area contributed by atoms with Gasteiger partial charge in [-0.25, -0.2) is 9.59 Å². The minimum atomic E-state index is -0.733. The molecule has 0 radical (unpaired) electrons. The number of Topliss-reactive ketones (excluding diaryl/α,β-unsaturated/α-hetero) is 2.